The maximum absolute atomic E-state index is 10.5. The Labute approximate surface area is 87.7 Å². The molecule has 0 aliphatic carbocycles. The fourth-order valence-corrected chi connectivity index (χ4v) is 2.15. The van der Waals surface area contributed by atoms with Crippen LogP contribution in [-0.2, 0) is 4.74 Å². The summed E-state index contributed by atoms with van der Waals surface area (Å²) in [5.74, 6) is 0.888. The fourth-order valence-electron chi connectivity index (χ4n) is 2.15. The molecule has 1 rings (SSSR count). The second-order valence-corrected chi connectivity index (χ2v) is 5.02. The summed E-state index contributed by atoms with van der Waals surface area (Å²) in [6, 6.07) is 0. The van der Waals surface area contributed by atoms with E-state index < -0.39 is 5.60 Å². The summed E-state index contributed by atoms with van der Waals surface area (Å²) in [6.45, 7) is 9.31. The van der Waals surface area contributed by atoms with Crippen molar-refractivity contribution in [2.45, 2.75) is 58.7 Å². The van der Waals surface area contributed by atoms with Crippen LogP contribution in [-0.4, -0.2) is 23.4 Å². The number of hydrogen-bond acceptors (Lipinski definition) is 2. The van der Waals surface area contributed by atoms with E-state index in [2.05, 4.69) is 27.7 Å². The molecule has 0 bridgehead atoms. The molecule has 0 aromatic carbocycles. The number of ether oxygens (including phenoxy) is 1. The Morgan fingerprint density at radius 3 is 2.57 bits per heavy atom. The Kier molecular flexibility index (Phi) is 3.96. The monoisotopic (exact) mass is 200 g/mol. The van der Waals surface area contributed by atoms with Crippen LogP contribution in [0.4, 0.5) is 0 Å². The van der Waals surface area contributed by atoms with Gasteiger partial charge in [0.2, 0.25) is 0 Å². The lowest BCUT2D eigenvalue weighted by Crippen LogP contribution is -2.46. The Morgan fingerprint density at radius 2 is 2.07 bits per heavy atom. The molecule has 0 aromatic heterocycles. The van der Waals surface area contributed by atoms with Gasteiger partial charge in [-0.3, -0.25) is 0 Å². The molecule has 14 heavy (non-hydrogen) atoms. The third kappa shape index (κ3) is 2.48. The van der Waals surface area contributed by atoms with Crippen LogP contribution in [0.25, 0.3) is 0 Å². The quantitative estimate of drug-likeness (QED) is 0.759. The van der Waals surface area contributed by atoms with Crippen LogP contribution in [0.5, 0.6) is 0 Å². The molecule has 1 fully saturated rings. The van der Waals surface area contributed by atoms with Gasteiger partial charge in [0, 0.05) is 13.0 Å². The second-order valence-electron chi connectivity index (χ2n) is 5.02. The van der Waals surface area contributed by atoms with Crippen LogP contribution in [0.3, 0.4) is 0 Å². The van der Waals surface area contributed by atoms with Crippen LogP contribution in [0, 0.1) is 11.8 Å². The number of aliphatic hydroxyl groups is 1. The molecule has 2 heteroatoms. The van der Waals surface area contributed by atoms with E-state index in [4.69, 9.17) is 4.74 Å². The minimum absolute atomic E-state index is 0.239. The molecular weight excluding hydrogens is 176 g/mol. The molecule has 2 nitrogen and oxygen atoms in total. The van der Waals surface area contributed by atoms with E-state index in [1.807, 2.05) is 0 Å². The zero-order valence-corrected chi connectivity index (χ0v) is 9.92. The summed E-state index contributed by atoms with van der Waals surface area (Å²) in [7, 11) is 0. The summed E-state index contributed by atoms with van der Waals surface area (Å²) in [5, 5.41) is 10.5. The summed E-state index contributed by atoms with van der Waals surface area (Å²) in [5.41, 5.74) is -0.484. The molecule has 1 heterocycles. The van der Waals surface area contributed by atoms with Gasteiger partial charge in [0.05, 0.1) is 11.7 Å². The van der Waals surface area contributed by atoms with Crippen molar-refractivity contribution in [1.82, 2.24) is 0 Å². The van der Waals surface area contributed by atoms with Crippen molar-refractivity contribution in [3.8, 4) is 0 Å². The van der Waals surface area contributed by atoms with Crippen LogP contribution in [0.15, 0.2) is 0 Å². The molecule has 0 spiro atoms. The van der Waals surface area contributed by atoms with Gasteiger partial charge in [0.1, 0.15) is 0 Å². The number of rotatable bonds is 3. The van der Waals surface area contributed by atoms with Gasteiger partial charge >= 0.3 is 0 Å². The van der Waals surface area contributed by atoms with Crippen molar-refractivity contribution < 1.29 is 9.84 Å². The molecule has 0 saturated carbocycles. The van der Waals surface area contributed by atoms with Crippen LogP contribution < -0.4 is 0 Å². The van der Waals surface area contributed by atoms with Gasteiger partial charge in [-0.25, -0.2) is 0 Å². The van der Waals surface area contributed by atoms with Crippen LogP contribution in [0.2, 0.25) is 0 Å². The van der Waals surface area contributed by atoms with Gasteiger partial charge in [-0.2, -0.15) is 0 Å². The minimum atomic E-state index is -0.484. The molecular formula is C12H24O2. The molecule has 1 N–H and O–H groups in total. The van der Waals surface area contributed by atoms with E-state index in [0.29, 0.717) is 18.4 Å². The molecule has 1 aliphatic heterocycles. The zero-order valence-electron chi connectivity index (χ0n) is 9.92. The maximum atomic E-state index is 10.5. The zero-order chi connectivity index (χ0) is 10.8. The highest BCUT2D eigenvalue weighted by atomic mass is 16.5. The maximum Gasteiger partial charge on any atom is 0.0719 e. The van der Waals surface area contributed by atoms with Crippen LogP contribution >= 0.6 is 0 Å². The van der Waals surface area contributed by atoms with E-state index in [-0.39, 0.29) is 6.10 Å². The molecule has 0 radical (unpaired) electrons. The average molecular weight is 200 g/mol. The topological polar surface area (TPSA) is 29.5 Å². The Morgan fingerprint density at radius 1 is 1.43 bits per heavy atom. The minimum Gasteiger partial charge on any atom is -0.389 e. The molecule has 3 unspecified atom stereocenters. The van der Waals surface area contributed by atoms with Gasteiger partial charge in [0.15, 0.2) is 0 Å². The molecule has 0 aromatic rings. The van der Waals surface area contributed by atoms with E-state index in [9.17, 15) is 5.11 Å². The highest BCUT2D eigenvalue weighted by Crippen LogP contribution is 2.35. The predicted molar refractivity (Wildman–Crippen MR) is 58.2 cm³/mol. The molecule has 1 aliphatic rings. The van der Waals surface area contributed by atoms with Crippen molar-refractivity contribution in [3.63, 3.8) is 0 Å². The van der Waals surface area contributed by atoms with Crippen molar-refractivity contribution >= 4 is 0 Å². The SMILES string of the molecule is CCC(C)C1(O)CCOC(C(C)C)C1. The van der Waals surface area contributed by atoms with Crippen molar-refractivity contribution in [1.29, 1.82) is 0 Å². The standard InChI is InChI=1S/C12H24O2/c1-5-10(4)12(13)6-7-14-11(8-12)9(2)3/h9-11,13H,5-8H2,1-4H3. The van der Waals surface area contributed by atoms with Gasteiger partial charge in [-0.15, -0.1) is 0 Å². The van der Waals surface area contributed by atoms with E-state index in [1.165, 1.54) is 0 Å². The Bertz CT molecular complexity index is 179. The summed E-state index contributed by atoms with van der Waals surface area (Å²) in [6.07, 6.45) is 2.88. The summed E-state index contributed by atoms with van der Waals surface area (Å²) >= 11 is 0. The van der Waals surface area contributed by atoms with Crippen molar-refractivity contribution in [3.05, 3.63) is 0 Å². The van der Waals surface area contributed by atoms with E-state index in [0.717, 1.165) is 19.3 Å². The lowest BCUT2D eigenvalue weighted by Gasteiger charge is -2.42. The lowest BCUT2D eigenvalue weighted by molar-refractivity contribution is -0.140. The van der Waals surface area contributed by atoms with Gasteiger partial charge in [-0.1, -0.05) is 34.1 Å². The Balaban J connectivity index is 2.62. The fraction of sp³-hybridized carbons (Fsp3) is 1.00. The largest absolute Gasteiger partial charge is 0.389 e. The summed E-state index contributed by atoms with van der Waals surface area (Å²) in [4.78, 5) is 0. The summed E-state index contributed by atoms with van der Waals surface area (Å²) < 4.78 is 5.67. The van der Waals surface area contributed by atoms with Crippen molar-refractivity contribution in [2.24, 2.45) is 11.8 Å². The average Bonchev–Trinajstić information content (AvgIpc) is 2.16. The second kappa shape index (κ2) is 4.63. The Hall–Kier alpha value is -0.0800. The first-order chi connectivity index (χ1) is 6.49. The van der Waals surface area contributed by atoms with E-state index >= 15 is 0 Å². The first kappa shape index (κ1) is 12.0. The highest BCUT2D eigenvalue weighted by Gasteiger charge is 2.39. The molecule has 84 valence electrons. The van der Waals surface area contributed by atoms with Crippen LogP contribution in [0.1, 0.15) is 47.0 Å². The third-order valence-electron chi connectivity index (χ3n) is 3.69. The van der Waals surface area contributed by atoms with Gasteiger partial charge in [0.25, 0.3) is 0 Å². The normalized spacial score (nSPS) is 36.0. The molecule has 3 atom stereocenters. The molecule has 1 saturated heterocycles. The lowest BCUT2D eigenvalue weighted by atomic mass is 9.77. The third-order valence-corrected chi connectivity index (χ3v) is 3.69. The van der Waals surface area contributed by atoms with Gasteiger partial charge < -0.3 is 9.84 Å². The first-order valence-corrected chi connectivity index (χ1v) is 5.83. The van der Waals surface area contributed by atoms with Crippen molar-refractivity contribution in [2.75, 3.05) is 6.61 Å². The smallest absolute Gasteiger partial charge is 0.0719 e. The van der Waals surface area contributed by atoms with E-state index in [1.54, 1.807) is 0 Å². The number of hydrogen-bond donors (Lipinski definition) is 1. The predicted octanol–water partition coefficient (Wildman–Crippen LogP) is 2.60. The van der Waals surface area contributed by atoms with Gasteiger partial charge in [-0.05, 0) is 18.3 Å². The molecule has 0 amide bonds. The highest BCUT2D eigenvalue weighted by molar-refractivity contribution is 4.90. The first-order valence-electron chi connectivity index (χ1n) is 5.83.